The summed E-state index contributed by atoms with van der Waals surface area (Å²) in [5.74, 6) is -1.94. The van der Waals surface area contributed by atoms with E-state index in [1.807, 2.05) is 0 Å². The van der Waals surface area contributed by atoms with Crippen LogP contribution < -0.4 is 0 Å². The largest absolute Gasteiger partial charge is 0.465 e. The zero-order valence-electron chi connectivity index (χ0n) is 17.0. The molecule has 0 saturated heterocycles. The normalized spacial score (nSPS) is 14.5. The number of benzene rings is 2. The lowest BCUT2D eigenvalue weighted by Crippen LogP contribution is -2.46. The second kappa shape index (κ2) is 9.10. The Labute approximate surface area is 192 Å². The second-order valence-electron chi connectivity index (χ2n) is 7.16. The van der Waals surface area contributed by atoms with Gasteiger partial charge >= 0.3 is 12.1 Å². The second-order valence-corrected chi connectivity index (χ2v) is 7.95. The van der Waals surface area contributed by atoms with Crippen LogP contribution in [0, 0.1) is 0 Å². The maximum Gasteiger partial charge on any atom is 0.422 e. The number of alkyl halides is 3. The molecule has 0 aliphatic rings. The molecule has 0 radical (unpaired) electrons. The van der Waals surface area contributed by atoms with Crippen LogP contribution in [0.3, 0.4) is 0 Å². The standard InChI is InChI=1S/C23H18Cl2F3NO3/c1-13(22(31,23(26,27)28)17-9-10-29-20(25)12-17)18-8-7-16(11-19(18)24)14-3-5-15(6-4-14)21(30)32-2/h3-13,31H,1-2H3/t13-,22-/m1/s1. The van der Waals surface area contributed by atoms with Crippen LogP contribution in [0.5, 0.6) is 0 Å². The summed E-state index contributed by atoms with van der Waals surface area (Å²) < 4.78 is 46.9. The number of hydrogen-bond donors (Lipinski definition) is 1. The number of ether oxygens (including phenoxy) is 1. The monoisotopic (exact) mass is 483 g/mol. The van der Waals surface area contributed by atoms with E-state index < -0.39 is 29.2 Å². The van der Waals surface area contributed by atoms with Gasteiger partial charge in [-0.2, -0.15) is 13.2 Å². The summed E-state index contributed by atoms with van der Waals surface area (Å²) in [5.41, 5.74) is -1.88. The van der Waals surface area contributed by atoms with E-state index in [2.05, 4.69) is 9.72 Å². The molecule has 2 aromatic carbocycles. The molecule has 168 valence electrons. The molecule has 0 amide bonds. The summed E-state index contributed by atoms with van der Waals surface area (Å²) in [6.45, 7) is 1.24. The minimum absolute atomic E-state index is 0.0508. The number of hydrogen-bond acceptors (Lipinski definition) is 4. The number of pyridine rings is 1. The van der Waals surface area contributed by atoms with Gasteiger partial charge in [-0.15, -0.1) is 0 Å². The minimum Gasteiger partial charge on any atom is -0.465 e. The summed E-state index contributed by atoms with van der Waals surface area (Å²) >= 11 is 12.1. The molecule has 1 N–H and O–H groups in total. The lowest BCUT2D eigenvalue weighted by molar-refractivity contribution is -0.274. The first-order valence-electron chi connectivity index (χ1n) is 9.38. The van der Waals surface area contributed by atoms with Gasteiger partial charge in [0.25, 0.3) is 0 Å². The molecule has 0 aliphatic carbocycles. The van der Waals surface area contributed by atoms with Crippen LogP contribution in [-0.4, -0.2) is 29.3 Å². The number of aromatic nitrogens is 1. The average molecular weight is 484 g/mol. The zero-order chi connectivity index (χ0) is 23.7. The molecule has 0 unspecified atom stereocenters. The van der Waals surface area contributed by atoms with E-state index in [1.54, 1.807) is 30.3 Å². The first kappa shape index (κ1) is 24.0. The highest BCUT2D eigenvalue weighted by atomic mass is 35.5. The molecule has 0 saturated carbocycles. The highest BCUT2D eigenvalue weighted by molar-refractivity contribution is 6.31. The van der Waals surface area contributed by atoms with Crippen molar-refractivity contribution < 1.29 is 27.8 Å². The van der Waals surface area contributed by atoms with Gasteiger partial charge in [0.2, 0.25) is 0 Å². The van der Waals surface area contributed by atoms with Crippen molar-refractivity contribution in [3.05, 3.63) is 87.7 Å². The molecule has 1 aromatic heterocycles. The predicted molar refractivity (Wildman–Crippen MR) is 116 cm³/mol. The van der Waals surface area contributed by atoms with Crippen LogP contribution >= 0.6 is 23.2 Å². The van der Waals surface area contributed by atoms with Crippen LogP contribution in [0.15, 0.2) is 60.8 Å². The molecule has 0 fully saturated rings. The van der Waals surface area contributed by atoms with E-state index >= 15 is 0 Å². The third-order valence-corrected chi connectivity index (χ3v) is 5.87. The molecule has 1 heterocycles. The fourth-order valence-electron chi connectivity index (χ4n) is 3.50. The van der Waals surface area contributed by atoms with Crippen molar-refractivity contribution in [3.8, 4) is 11.1 Å². The summed E-state index contributed by atoms with van der Waals surface area (Å²) in [5, 5.41) is 10.7. The lowest BCUT2D eigenvalue weighted by Gasteiger charge is -2.37. The number of carbonyl (C=O) groups excluding carboxylic acids is 1. The number of halogens is 5. The predicted octanol–water partition coefficient (Wildman–Crippen LogP) is 6.40. The van der Waals surface area contributed by atoms with E-state index in [9.17, 15) is 23.1 Å². The van der Waals surface area contributed by atoms with Crippen molar-refractivity contribution in [3.63, 3.8) is 0 Å². The third-order valence-electron chi connectivity index (χ3n) is 5.33. The first-order chi connectivity index (χ1) is 15.0. The Hall–Kier alpha value is -2.61. The highest BCUT2D eigenvalue weighted by Crippen LogP contribution is 2.50. The van der Waals surface area contributed by atoms with Crippen LogP contribution in [0.4, 0.5) is 13.2 Å². The molecule has 0 aliphatic heterocycles. The SMILES string of the molecule is COC(=O)c1ccc(-c2ccc([C@@H](C)[C@@](O)(c3ccnc(Cl)c3)C(F)(F)F)c(Cl)c2)cc1. The number of nitrogens with zero attached hydrogens (tertiary/aromatic N) is 1. The van der Waals surface area contributed by atoms with E-state index in [-0.39, 0.29) is 15.7 Å². The van der Waals surface area contributed by atoms with E-state index in [0.29, 0.717) is 16.7 Å². The number of esters is 1. The Morgan fingerprint density at radius 1 is 1.03 bits per heavy atom. The van der Waals surface area contributed by atoms with Crippen LogP contribution in [0.25, 0.3) is 11.1 Å². The van der Waals surface area contributed by atoms with Crippen LogP contribution in [0.1, 0.15) is 34.3 Å². The van der Waals surface area contributed by atoms with Gasteiger partial charge < -0.3 is 9.84 Å². The van der Waals surface area contributed by atoms with Gasteiger partial charge in [-0.25, -0.2) is 9.78 Å². The Balaban J connectivity index is 2.01. The third kappa shape index (κ3) is 4.46. The zero-order valence-corrected chi connectivity index (χ0v) is 18.5. The van der Waals surface area contributed by atoms with E-state index in [1.165, 1.54) is 26.2 Å². The first-order valence-corrected chi connectivity index (χ1v) is 10.1. The van der Waals surface area contributed by atoms with Gasteiger partial charge in [0.05, 0.1) is 12.7 Å². The van der Waals surface area contributed by atoms with Crippen LogP contribution in [-0.2, 0) is 10.3 Å². The quantitative estimate of drug-likeness (QED) is 0.337. The fourth-order valence-corrected chi connectivity index (χ4v) is 4.02. The topological polar surface area (TPSA) is 59.4 Å². The van der Waals surface area contributed by atoms with Crippen LogP contribution in [0.2, 0.25) is 10.2 Å². The van der Waals surface area contributed by atoms with Crippen molar-refractivity contribution in [2.75, 3.05) is 7.11 Å². The summed E-state index contributed by atoms with van der Waals surface area (Å²) in [4.78, 5) is 15.3. The molecule has 3 aromatic rings. The number of rotatable bonds is 5. The number of aliphatic hydroxyl groups is 1. The van der Waals surface area contributed by atoms with Gasteiger partial charge in [-0.3, -0.25) is 0 Å². The lowest BCUT2D eigenvalue weighted by atomic mass is 9.77. The Morgan fingerprint density at radius 3 is 2.19 bits per heavy atom. The van der Waals surface area contributed by atoms with Crippen molar-refractivity contribution in [1.82, 2.24) is 4.98 Å². The van der Waals surface area contributed by atoms with E-state index in [0.717, 1.165) is 18.3 Å². The Morgan fingerprint density at radius 2 is 1.66 bits per heavy atom. The van der Waals surface area contributed by atoms with Gasteiger partial charge in [0, 0.05) is 17.1 Å². The molecule has 3 rings (SSSR count). The molecule has 0 spiro atoms. The molecular formula is C23H18Cl2F3NO3. The van der Waals surface area contributed by atoms with E-state index in [4.69, 9.17) is 23.2 Å². The summed E-state index contributed by atoms with van der Waals surface area (Å²) in [6.07, 6.45) is -3.91. The highest BCUT2D eigenvalue weighted by Gasteiger charge is 2.59. The number of methoxy groups -OCH3 is 1. The minimum atomic E-state index is -5.01. The maximum atomic E-state index is 14.1. The van der Waals surface area contributed by atoms with Crippen molar-refractivity contribution in [1.29, 1.82) is 0 Å². The van der Waals surface area contributed by atoms with Crippen molar-refractivity contribution in [2.45, 2.75) is 24.6 Å². The fraction of sp³-hybridized carbons (Fsp3) is 0.217. The molecule has 4 nitrogen and oxygen atoms in total. The summed E-state index contributed by atoms with van der Waals surface area (Å²) in [6, 6.07) is 13.1. The molecule has 32 heavy (non-hydrogen) atoms. The smallest absolute Gasteiger partial charge is 0.422 e. The van der Waals surface area contributed by atoms with Gasteiger partial charge in [-0.05, 0) is 52.6 Å². The maximum absolute atomic E-state index is 14.1. The van der Waals surface area contributed by atoms with Gasteiger partial charge in [-0.1, -0.05) is 54.4 Å². The van der Waals surface area contributed by atoms with Crippen molar-refractivity contribution >= 4 is 29.2 Å². The Bertz CT molecular complexity index is 1140. The van der Waals surface area contributed by atoms with Gasteiger partial charge in [0.15, 0.2) is 5.60 Å². The van der Waals surface area contributed by atoms with Crippen molar-refractivity contribution in [2.24, 2.45) is 0 Å². The molecule has 2 atom stereocenters. The number of carbonyl (C=O) groups is 1. The van der Waals surface area contributed by atoms with Gasteiger partial charge in [0.1, 0.15) is 5.15 Å². The Kier molecular flexibility index (Phi) is 6.83. The average Bonchev–Trinajstić information content (AvgIpc) is 2.76. The molecule has 0 bridgehead atoms. The summed E-state index contributed by atoms with van der Waals surface area (Å²) in [7, 11) is 1.28. The molecular weight excluding hydrogens is 466 g/mol. The molecule has 9 heteroatoms.